The van der Waals surface area contributed by atoms with Crippen LogP contribution in [-0.2, 0) is 0 Å². The van der Waals surface area contributed by atoms with Gasteiger partial charge in [0.25, 0.3) is 0 Å². The Morgan fingerprint density at radius 3 is 2.69 bits per heavy atom. The van der Waals surface area contributed by atoms with E-state index < -0.39 is 0 Å². The minimum atomic E-state index is 0.204. The fraction of sp³-hybridized carbons (Fsp3) is 0.143. The van der Waals surface area contributed by atoms with Gasteiger partial charge in [-0.2, -0.15) is 0 Å². The number of nitrogens with one attached hydrogen (secondary N) is 1. The summed E-state index contributed by atoms with van der Waals surface area (Å²) < 4.78 is 1.76. The van der Waals surface area contributed by atoms with Crippen molar-refractivity contribution in [3.05, 3.63) is 20.7 Å². The van der Waals surface area contributed by atoms with Gasteiger partial charge < -0.3 is 11.1 Å². The molecule has 3 nitrogen and oxygen atoms in total. The predicted molar refractivity (Wildman–Crippen MR) is 64.8 cm³/mol. The van der Waals surface area contributed by atoms with Gasteiger partial charge in [-0.15, -0.1) is 0 Å². The van der Waals surface area contributed by atoms with Crippen molar-refractivity contribution >= 4 is 55.0 Å². The Hall–Kier alpha value is -0.200. The molecule has 1 heterocycles. The molecule has 0 amide bonds. The molecule has 13 heavy (non-hydrogen) atoms. The largest absolute Gasteiger partial charge is 0.376 e. The first kappa shape index (κ1) is 10.9. The highest BCUT2D eigenvalue weighted by Crippen LogP contribution is 2.26. The van der Waals surface area contributed by atoms with Crippen LogP contribution in [0.3, 0.4) is 0 Å². The van der Waals surface area contributed by atoms with Crippen molar-refractivity contribution in [2.24, 2.45) is 5.73 Å². The van der Waals surface area contributed by atoms with Gasteiger partial charge in [-0.1, -0.05) is 0 Å². The molecule has 3 N–H and O–H groups in total. The molecule has 0 saturated carbocycles. The zero-order chi connectivity index (χ0) is 10.0. The van der Waals surface area contributed by atoms with Gasteiger partial charge in [-0.3, -0.25) is 0 Å². The molecule has 1 rings (SSSR count). The molecule has 0 aliphatic carbocycles. The number of hydrogen-bond acceptors (Lipinski definition) is 2. The summed E-state index contributed by atoms with van der Waals surface area (Å²) in [4.78, 5) is 4.24. The number of aromatic nitrogens is 1. The lowest BCUT2D eigenvalue weighted by Crippen LogP contribution is -2.20. The number of pyridine rings is 1. The lowest BCUT2D eigenvalue weighted by molar-refractivity contribution is 1.17. The van der Waals surface area contributed by atoms with E-state index in [4.69, 9.17) is 18.0 Å². The topological polar surface area (TPSA) is 50.9 Å². The summed E-state index contributed by atoms with van der Waals surface area (Å²) in [5, 5.41) is 2.98. The molecule has 1 aromatic rings. The molecule has 0 unspecified atom stereocenters. The molecule has 0 aliphatic rings. The number of aryl methyl sites for hydroxylation is 1. The van der Waals surface area contributed by atoms with Crippen LogP contribution in [0.1, 0.15) is 5.69 Å². The lowest BCUT2D eigenvalue weighted by atomic mass is 10.4. The standard InChI is InChI=1S/C7H7Br2N3S/c1-3-4(8)2-5(9)6(11-3)12-7(10)13/h2H,1H3,(H3,10,11,12,13). The second-order valence-corrected chi connectivity index (χ2v) is 4.52. The van der Waals surface area contributed by atoms with Gasteiger partial charge in [0.15, 0.2) is 5.11 Å². The number of rotatable bonds is 1. The second-order valence-electron chi connectivity index (χ2n) is 2.38. The van der Waals surface area contributed by atoms with Crippen molar-refractivity contribution in [2.45, 2.75) is 6.92 Å². The van der Waals surface area contributed by atoms with E-state index in [1.807, 2.05) is 13.0 Å². The van der Waals surface area contributed by atoms with Gasteiger partial charge in [-0.05, 0) is 57.1 Å². The van der Waals surface area contributed by atoms with Crippen LogP contribution in [-0.4, -0.2) is 10.1 Å². The van der Waals surface area contributed by atoms with Crippen molar-refractivity contribution in [1.29, 1.82) is 0 Å². The fourth-order valence-electron chi connectivity index (χ4n) is 0.763. The van der Waals surface area contributed by atoms with Crippen LogP contribution in [0, 0.1) is 6.92 Å². The van der Waals surface area contributed by atoms with E-state index in [0.717, 1.165) is 14.6 Å². The zero-order valence-corrected chi connectivity index (χ0v) is 10.8. The summed E-state index contributed by atoms with van der Waals surface area (Å²) in [5.74, 6) is 0.633. The molecule has 0 aromatic carbocycles. The van der Waals surface area contributed by atoms with Crippen molar-refractivity contribution in [3.8, 4) is 0 Å². The zero-order valence-electron chi connectivity index (χ0n) is 6.77. The van der Waals surface area contributed by atoms with Gasteiger partial charge >= 0.3 is 0 Å². The van der Waals surface area contributed by atoms with Gasteiger partial charge in [0.2, 0.25) is 0 Å². The molecule has 6 heteroatoms. The first-order chi connectivity index (χ1) is 6.00. The number of hydrogen-bond donors (Lipinski definition) is 2. The number of halogens is 2. The molecular formula is C7H7Br2N3S. The highest BCUT2D eigenvalue weighted by molar-refractivity contribution is 9.11. The van der Waals surface area contributed by atoms with Crippen molar-refractivity contribution in [3.63, 3.8) is 0 Å². The molecule has 0 atom stereocenters. The smallest absolute Gasteiger partial charge is 0.169 e. The van der Waals surface area contributed by atoms with Crippen molar-refractivity contribution in [2.75, 3.05) is 5.32 Å². The molecule has 0 fully saturated rings. The average molecular weight is 325 g/mol. The summed E-state index contributed by atoms with van der Waals surface area (Å²) in [7, 11) is 0. The normalized spacial score (nSPS) is 9.77. The number of thiocarbonyl (C=S) groups is 1. The Bertz CT molecular complexity index is 354. The van der Waals surface area contributed by atoms with E-state index in [9.17, 15) is 0 Å². The van der Waals surface area contributed by atoms with Crippen LogP contribution in [0.15, 0.2) is 15.0 Å². The number of nitrogens with two attached hydrogens (primary N) is 1. The van der Waals surface area contributed by atoms with Crippen LogP contribution in [0.5, 0.6) is 0 Å². The predicted octanol–water partition coefficient (Wildman–Crippen LogP) is 2.57. The molecule has 0 saturated heterocycles. The summed E-state index contributed by atoms with van der Waals surface area (Å²) in [6.07, 6.45) is 0. The number of nitrogens with zero attached hydrogens (tertiary/aromatic N) is 1. The summed E-state index contributed by atoms with van der Waals surface area (Å²) in [6.45, 7) is 1.89. The monoisotopic (exact) mass is 323 g/mol. The van der Waals surface area contributed by atoms with Crippen LogP contribution < -0.4 is 11.1 Å². The lowest BCUT2D eigenvalue weighted by Gasteiger charge is -2.07. The second kappa shape index (κ2) is 4.34. The Kier molecular flexibility index (Phi) is 3.63. The van der Waals surface area contributed by atoms with Crippen molar-refractivity contribution < 1.29 is 0 Å². The summed E-state index contributed by atoms with van der Waals surface area (Å²) >= 11 is 11.4. The maximum absolute atomic E-state index is 5.33. The minimum Gasteiger partial charge on any atom is -0.376 e. The highest BCUT2D eigenvalue weighted by atomic mass is 79.9. The Balaban J connectivity index is 3.08. The average Bonchev–Trinajstić information content (AvgIpc) is 1.99. The van der Waals surface area contributed by atoms with Gasteiger partial charge in [0, 0.05) is 4.47 Å². The minimum absolute atomic E-state index is 0.204. The van der Waals surface area contributed by atoms with Crippen LogP contribution >= 0.6 is 44.1 Å². The molecule has 0 aliphatic heterocycles. The van der Waals surface area contributed by atoms with E-state index >= 15 is 0 Å². The maximum atomic E-state index is 5.33. The summed E-state index contributed by atoms with van der Waals surface area (Å²) in [5.41, 5.74) is 6.21. The first-order valence-corrected chi connectivity index (χ1v) is 5.39. The Morgan fingerprint density at radius 1 is 1.54 bits per heavy atom. The third-order valence-corrected chi connectivity index (χ3v) is 2.86. The maximum Gasteiger partial charge on any atom is 0.169 e. The van der Waals surface area contributed by atoms with E-state index in [1.54, 1.807) is 0 Å². The number of anilines is 1. The summed E-state index contributed by atoms with van der Waals surface area (Å²) in [6, 6.07) is 1.89. The van der Waals surface area contributed by atoms with Crippen molar-refractivity contribution in [1.82, 2.24) is 4.98 Å². The highest BCUT2D eigenvalue weighted by Gasteiger charge is 2.05. The molecule has 0 bridgehead atoms. The molecule has 1 aromatic heterocycles. The SMILES string of the molecule is Cc1nc(NC(N)=S)c(Br)cc1Br. The third-order valence-electron chi connectivity index (χ3n) is 1.35. The fourth-order valence-corrected chi connectivity index (χ4v) is 1.90. The van der Waals surface area contributed by atoms with Gasteiger partial charge in [0.1, 0.15) is 5.82 Å². The van der Waals surface area contributed by atoms with Crippen LogP contribution in [0.25, 0.3) is 0 Å². The Morgan fingerprint density at radius 2 is 2.15 bits per heavy atom. The van der Waals surface area contributed by atoms with E-state index in [2.05, 4.69) is 42.2 Å². The van der Waals surface area contributed by atoms with Crippen LogP contribution in [0.2, 0.25) is 0 Å². The molecule has 0 radical (unpaired) electrons. The third kappa shape index (κ3) is 2.89. The molecule has 70 valence electrons. The molecule has 0 spiro atoms. The van der Waals surface area contributed by atoms with E-state index in [0.29, 0.717) is 5.82 Å². The van der Waals surface area contributed by atoms with Crippen LogP contribution in [0.4, 0.5) is 5.82 Å². The van der Waals surface area contributed by atoms with E-state index in [-0.39, 0.29) is 5.11 Å². The Labute approximate surface area is 98.4 Å². The molecular weight excluding hydrogens is 318 g/mol. The first-order valence-electron chi connectivity index (χ1n) is 3.40. The quantitative estimate of drug-likeness (QED) is 0.780. The van der Waals surface area contributed by atoms with E-state index in [1.165, 1.54) is 0 Å². The van der Waals surface area contributed by atoms with Gasteiger partial charge in [-0.25, -0.2) is 4.98 Å². The van der Waals surface area contributed by atoms with Gasteiger partial charge in [0.05, 0.1) is 10.2 Å².